The Hall–Kier alpha value is -1.92. The van der Waals surface area contributed by atoms with Crippen LogP contribution in [0, 0.1) is 0 Å². The van der Waals surface area contributed by atoms with Crippen molar-refractivity contribution in [1.82, 2.24) is 15.2 Å². The Kier molecular flexibility index (Phi) is 5.69. The van der Waals surface area contributed by atoms with Gasteiger partial charge >= 0.3 is 6.18 Å². The third kappa shape index (κ3) is 4.39. The van der Waals surface area contributed by atoms with E-state index in [0.717, 1.165) is 51.9 Å². The van der Waals surface area contributed by atoms with Crippen LogP contribution in [0.4, 0.5) is 13.2 Å². The van der Waals surface area contributed by atoms with Gasteiger partial charge in [0.05, 0.1) is 0 Å². The maximum absolute atomic E-state index is 12.7. The van der Waals surface area contributed by atoms with Gasteiger partial charge in [0.2, 0.25) is 0 Å². The van der Waals surface area contributed by atoms with E-state index in [4.69, 9.17) is 0 Å². The molecule has 1 N–H and O–H groups in total. The van der Waals surface area contributed by atoms with Gasteiger partial charge in [-0.05, 0) is 66.5 Å². The number of alkyl halides is 3. The lowest BCUT2D eigenvalue weighted by molar-refractivity contribution is -0.141. The summed E-state index contributed by atoms with van der Waals surface area (Å²) in [5, 5.41) is 3.49. The first kappa shape index (κ1) is 19.4. The lowest BCUT2D eigenvalue weighted by atomic mass is 9.89. The van der Waals surface area contributed by atoms with Gasteiger partial charge in [-0.15, -0.1) is 0 Å². The van der Waals surface area contributed by atoms with E-state index in [0.29, 0.717) is 18.0 Å². The molecule has 2 aliphatic rings. The Morgan fingerprint density at radius 1 is 1.04 bits per heavy atom. The van der Waals surface area contributed by atoms with E-state index in [1.54, 1.807) is 6.07 Å². The molecule has 0 unspecified atom stereocenters. The number of fused-ring (bicyclic) bond motifs is 3. The molecule has 3 heterocycles. The summed E-state index contributed by atoms with van der Waals surface area (Å²) in [4.78, 5) is 6.00. The molecule has 0 bridgehead atoms. The van der Waals surface area contributed by atoms with Gasteiger partial charge in [0, 0.05) is 38.4 Å². The minimum absolute atomic E-state index is 0.501. The summed E-state index contributed by atoms with van der Waals surface area (Å²) in [6.07, 6.45) is 1.46. The molecular formula is C22H26F3N3. The number of hydrogen-bond acceptors (Lipinski definition) is 3. The molecule has 1 atom stereocenters. The zero-order valence-electron chi connectivity index (χ0n) is 15.9. The lowest BCUT2D eigenvalue weighted by Crippen LogP contribution is -2.48. The van der Waals surface area contributed by atoms with Gasteiger partial charge in [-0.1, -0.05) is 18.2 Å². The SMILES string of the molecule is FC(F)(F)c1cc(CCCCc2ccc3c(c2)CCN2CCNC[C@@H]32)ccn1. The summed E-state index contributed by atoms with van der Waals surface area (Å²) in [5.41, 5.74) is 4.16. The first-order valence-corrected chi connectivity index (χ1v) is 10.1. The van der Waals surface area contributed by atoms with Gasteiger partial charge in [-0.2, -0.15) is 13.2 Å². The van der Waals surface area contributed by atoms with Crippen LogP contribution in [0.15, 0.2) is 36.5 Å². The quantitative estimate of drug-likeness (QED) is 0.778. The summed E-state index contributed by atoms with van der Waals surface area (Å²) in [6, 6.07) is 10.2. The minimum atomic E-state index is -4.37. The Morgan fingerprint density at radius 3 is 2.61 bits per heavy atom. The van der Waals surface area contributed by atoms with Crippen molar-refractivity contribution in [3.8, 4) is 0 Å². The normalized spacial score (nSPS) is 19.9. The molecule has 0 spiro atoms. The molecule has 2 aliphatic heterocycles. The standard InChI is InChI=1S/C22H26F3N3/c23-22(24,25)21-14-17(7-9-27-21)4-2-1-3-16-5-6-19-18(13-16)8-11-28-12-10-26-15-20(19)28/h5-7,9,13-14,20,26H,1-4,8,10-12,15H2/t20-/m0/s1. The molecule has 2 aromatic rings. The molecular weight excluding hydrogens is 363 g/mol. The number of hydrogen-bond donors (Lipinski definition) is 1. The molecule has 0 amide bonds. The second kappa shape index (κ2) is 8.21. The maximum Gasteiger partial charge on any atom is 0.433 e. The van der Waals surface area contributed by atoms with Crippen molar-refractivity contribution in [2.75, 3.05) is 26.2 Å². The monoisotopic (exact) mass is 389 g/mol. The number of aryl methyl sites for hydroxylation is 2. The van der Waals surface area contributed by atoms with Crippen LogP contribution in [0.25, 0.3) is 0 Å². The summed E-state index contributed by atoms with van der Waals surface area (Å²) < 4.78 is 38.2. The van der Waals surface area contributed by atoms with Crippen LogP contribution in [-0.4, -0.2) is 36.1 Å². The van der Waals surface area contributed by atoms with E-state index in [-0.39, 0.29) is 0 Å². The Labute approximate surface area is 164 Å². The number of unbranched alkanes of at least 4 members (excludes halogenated alkanes) is 1. The van der Waals surface area contributed by atoms with E-state index in [2.05, 4.69) is 33.4 Å². The van der Waals surface area contributed by atoms with Crippen LogP contribution < -0.4 is 5.32 Å². The predicted molar refractivity (Wildman–Crippen MR) is 103 cm³/mol. The summed E-state index contributed by atoms with van der Waals surface area (Å²) in [5.74, 6) is 0. The molecule has 1 fully saturated rings. The zero-order chi connectivity index (χ0) is 19.6. The fraction of sp³-hybridized carbons (Fsp3) is 0.500. The van der Waals surface area contributed by atoms with E-state index < -0.39 is 11.9 Å². The molecule has 150 valence electrons. The number of aromatic nitrogens is 1. The van der Waals surface area contributed by atoms with Gasteiger partial charge < -0.3 is 5.32 Å². The highest BCUT2D eigenvalue weighted by Crippen LogP contribution is 2.31. The molecule has 1 saturated heterocycles. The first-order chi connectivity index (χ1) is 13.5. The van der Waals surface area contributed by atoms with Crippen LogP contribution >= 0.6 is 0 Å². The Bertz CT molecular complexity index is 819. The average Bonchev–Trinajstić information content (AvgIpc) is 2.70. The summed E-state index contributed by atoms with van der Waals surface area (Å²) >= 11 is 0. The Balaban J connectivity index is 1.31. The lowest BCUT2D eigenvalue weighted by Gasteiger charge is -2.41. The van der Waals surface area contributed by atoms with Gasteiger partial charge in [-0.3, -0.25) is 9.88 Å². The topological polar surface area (TPSA) is 28.2 Å². The van der Waals surface area contributed by atoms with E-state index in [9.17, 15) is 13.2 Å². The largest absolute Gasteiger partial charge is 0.433 e. The summed E-state index contributed by atoms with van der Waals surface area (Å²) in [6.45, 7) is 4.35. The highest BCUT2D eigenvalue weighted by atomic mass is 19.4. The molecule has 4 rings (SSSR count). The van der Waals surface area contributed by atoms with Crippen molar-refractivity contribution in [3.05, 3.63) is 64.5 Å². The first-order valence-electron chi connectivity index (χ1n) is 10.1. The van der Waals surface area contributed by atoms with Crippen molar-refractivity contribution in [3.63, 3.8) is 0 Å². The number of halogens is 3. The molecule has 1 aromatic carbocycles. The number of nitrogens with one attached hydrogen (secondary N) is 1. The average molecular weight is 389 g/mol. The van der Waals surface area contributed by atoms with Crippen molar-refractivity contribution in [2.45, 2.75) is 44.3 Å². The third-order valence-electron chi connectivity index (χ3n) is 5.88. The number of benzene rings is 1. The van der Waals surface area contributed by atoms with Crippen LogP contribution in [0.3, 0.4) is 0 Å². The predicted octanol–water partition coefficient (Wildman–Crippen LogP) is 4.17. The van der Waals surface area contributed by atoms with Gasteiger partial charge in [0.25, 0.3) is 0 Å². The fourth-order valence-electron chi connectivity index (χ4n) is 4.38. The molecule has 0 saturated carbocycles. The highest BCUT2D eigenvalue weighted by Gasteiger charge is 2.32. The van der Waals surface area contributed by atoms with Crippen LogP contribution in [-0.2, 0) is 25.4 Å². The molecule has 0 aliphatic carbocycles. The maximum atomic E-state index is 12.7. The number of nitrogens with zero attached hydrogens (tertiary/aromatic N) is 2. The third-order valence-corrected chi connectivity index (χ3v) is 5.88. The van der Waals surface area contributed by atoms with Crippen molar-refractivity contribution >= 4 is 0 Å². The van der Waals surface area contributed by atoms with Gasteiger partial charge in [0.15, 0.2) is 0 Å². The zero-order valence-corrected chi connectivity index (χ0v) is 15.9. The second-order valence-corrected chi connectivity index (χ2v) is 7.79. The molecule has 3 nitrogen and oxygen atoms in total. The van der Waals surface area contributed by atoms with Crippen molar-refractivity contribution < 1.29 is 13.2 Å². The number of rotatable bonds is 5. The van der Waals surface area contributed by atoms with E-state index >= 15 is 0 Å². The second-order valence-electron chi connectivity index (χ2n) is 7.79. The minimum Gasteiger partial charge on any atom is -0.314 e. The van der Waals surface area contributed by atoms with Crippen LogP contribution in [0.2, 0.25) is 0 Å². The van der Waals surface area contributed by atoms with Crippen LogP contribution in [0.1, 0.15) is 46.8 Å². The Morgan fingerprint density at radius 2 is 1.82 bits per heavy atom. The smallest absolute Gasteiger partial charge is 0.314 e. The molecule has 6 heteroatoms. The van der Waals surface area contributed by atoms with Crippen molar-refractivity contribution in [2.24, 2.45) is 0 Å². The molecule has 28 heavy (non-hydrogen) atoms. The van der Waals surface area contributed by atoms with Crippen molar-refractivity contribution in [1.29, 1.82) is 0 Å². The van der Waals surface area contributed by atoms with Crippen LogP contribution in [0.5, 0.6) is 0 Å². The number of piperazine rings is 1. The fourth-order valence-corrected chi connectivity index (χ4v) is 4.38. The van der Waals surface area contributed by atoms with Gasteiger partial charge in [-0.25, -0.2) is 0 Å². The molecule has 1 aromatic heterocycles. The van der Waals surface area contributed by atoms with Gasteiger partial charge in [0.1, 0.15) is 5.69 Å². The summed E-state index contributed by atoms with van der Waals surface area (Å²) in [7, 11) is 0. The molecule has 0 radical (unpaired) electrons. The highest BCUT2D eigenvalue weighted by molar-refractivity contribution is 5.37. The van der Waals surface area contributed by atoms with E-state index in [1.165, 1.54) is 29.0 Å². The van der Waals surface area contributed by atoms with E-state index in [1.807, 2.05) is 0 Å². The number of pyridine rings is 1.